The summed E-state index contributed by atoms with van der Waals surface area (Å²) < 4.78 is 0. The van der Waals surface area contributed by atoms with Gasteiger partial charge in [0.2, 0.25) is 0 Å². The van der Waals surface area contributed by atoms with Crippen molar-refractivity contribution in [1.82, 2.24) is 9.80 Å². The smallest absolute Gasteiger partial charge is 0.00470 e. The van der Waals surface area contributed by atoms with E-state index >= 15 is 0 Å². The van der Waals surface area contributed by atoms with Gasteiger partial charge in [-0.2, -0.15) is 0 Å². The fourth-order valence-corrected chi connectivity index (χ4v) is 3.04. The van der Waals surface area contributed by atoms with E-state index in [0.717, 1.165) is 6.54 Å². The molecule has 3 heteroatoms. The highest BCUT2D eigenvalue weighted by Crippen LogP contribution is 2.35. The van der Waals surface area contributed by atoms with Gasteiger partial charge in [-0.3, -0.25) is 0 Å². The lowest BCUT2D eigenvalue weighted by atomic mass is 9.74. The van der Waals surface area contributed by atoms with Crippen molar-refractivity contribution in [3.05, 3.63) is 0 Å². The molecule has 0 heterocycles. The molecule has 102 valence electrons. The molecule has 0 saturated heterocycles. The van der Waals surface area contributed by atoms with Gasteiger partial charge in [0, 0.05) is 6.54 Å². The van der Waals surface area contributed by atoms with Gasteiger partial charge < -0.3 is 15.5 Å². The third-order valence-corrected chi connectivity index (χ3v) is 4.10. The van der Waals surface area contributed by atoms with Crippen LogP contribution >= 0.6 is 0 Å². The lowest BCUT2D eigenvalue weighted by molar-refractivity contribution is 0.125. The normalized spacial score (nSPS) is 20.1. The van der Waals surface area contributed by atoms with Crippen LogP contribution in [0, 0.1) is 5.41 Å². The van der Waals surface area contributed by atoms with Gasteiger partial charge in [-0.25, -0.2) is 0 Å². The van der Waals surface area contributed by atoms with Crippen LogP contribution in [0.4, 0.5) is 0 Å². The van der Waals surface area contributed by atoms with Crippen molar-refractivity contribution in [3.8, 4) is 0 Å². The van der Waals surface area contributed by atoms with Crippen LogP contribution in [0.1, 0.15) is 38.5 Å². The molecule has 1 aliphatic rings. The van der Waals surface area contributed by atoms with Gasteiger partial charge in [0.05, 0.1) is 0 Å². The zero-order valence-corrected chi connectivity index (χ0v) is 12.0. The third kappa shape index (κ3) is 5.36. The van der Waals surface area contributed by atoms with Gasteiger partial charge in [-0.05, 0) is 65.5 Å². The van der Waals surface area contributed by atoms with Crippen LogP contribution in [0.15, 0.2) is 0 Å². The zero-order chi connectivity index (χ0) is 12.7. The molecule has 2 N–H and O–H groups in total. The van der Waals surface area contributed by atoms with Crippen molar-refractivity contribution < 1.29 is 0 Å². The van der Waals surface area contributed by atoms with Crippen LogP contribution in [-0.4, -0.2) is 57.1 Å². The van der Waals surface area contributed by atoms with Crippen molar-refractivity contribution in [2.24, 2.45) is 11.1 Å². The Hall–Kier alpha value is -0.120. The molecular weight excluding hydrogens is 210 g/mol. The molecule has 0 aromatic heterocycles. The second-order valence-electron chi connectivity index (χ2n) is 6.16. The minimum Gasteiger partial charge on any atom is -0.330 e. The van der Waals surface area contributed by atoms with E-state index < -0.39 is 0 Å². The second-order valence-corrected chi connectivity index (χ2v) is 6.16. The molecule has 1 fully saturated rings. The molecule has 3 nitrogen and oxygen atoms in total. The standard InChI is InChI=1S/C14H31N3/c1-16(2)10-7-11-17(3)13-14(12-15)8-5-4-6-9-14/h4-13,15H2,1-3H3. The van der Waals surface area contributed by atoms with E-state index in [1.54, 1.807) is 0 Å². The number of nitrogens with zero attached hydrogens (tertiary/aromatic N) is 2. The summed E-state index contributed by atoms with van der Waals surface area (Å²) in [5.74, 6) is 0. The summed E-state index contributed by atoms with van der Waals surface area (Å²) in [5, 5.41) is 0. The minimum atomic E-state index is 0.422. The minimum absolute atomic E-state index is 0.422. The molecule has 0 aromatic carbocycles. The molecule has 0 unspecified atom stereocenters. The van der Waals surface area contributed by atoms with Gasteiger partial charge in [0.15, 0.2) is 0 Å². The molecule has 0 spiro atoms. The maximum Gasteiger partial charge on any atom is 0.00470 e. The van der Waals surface area contributed by atoms with Crippen LogP contribution in [0.25, 0.3) is 0 Å². The van der Waals surface area contributed by atoms with E-state index in [9.17, 15) is 0 Å². The monoisotopic (exact) mass is 241 g/mol. The van der Waals surface area contributed by atoms with E-state index in [-0.39, 0.29) is 0 Å². The van der Waals surface area contributed by atoms with Crippen molar-refractivity contribution in [2.75, 3.05) is 47.3 Å². The van der Waals surface area contributed by atoms with Gasteiger partial charge in [0.1, 0.15) is 0 Å². The molecule has 0 radical (unpaired) electrons. The molecular formula is C14H31N3. The first kappa shape index (κ1) is 14.9. The van der Waals surface area contributed by atoms with Gasteiger partial charge in [-0.1, -0.05) is 19.3 Å². The Morgan fingerprint density at radius 1 is 1.00 bits per heavy atom. The van der Waals surface area contributed by atoms with Crippen LogP contribution in [0.3, 0.4) is 0 Å². The first-order valence-electron chi connectivity index (χ1n) is 7.11. The SMILES string of the molecule is CN(C)CCCN(C)CC1(CN)CCCCC1. The highest BCUT2D eigenvalue weighted by molar-refractivity contribution is 4.86. The van der Waals surface area contributed by atoms with Crippen molar-refractivity contribution >= 4 is 0 Å². The Labute approximate surface area is 107 Å². The van der Waals surface area contributed by atoms with Gasteiger partial charge in [-0.15, -0.1) is 0 Å². The summed E-state index contributed by atoms with van der Waals surface area (Å²) in [5.41, 5.74) is 6.45. The fourth-order valence-electron chi connectivity index (χ4n) is 3.04. The van der Waals surface area contributed by atoms with E-state index in [2.05, 4.69) is 30.9 Å². The Bertz CT molecular complexity index is 198. The zero-order valence-electron chi connectivity index (χ0n) is 12.0. The molecule has 1 saturated carbocycles. The molecule has 0 bridgehead atoms. The summed E-state index contributed by atoms with van der Waals surface area (Å²) in [4.78, 5) is 4.74. The molecule has 0 amide bonds. The van der Waals surface area contributed by atoms with Crippen LogP contribution in [0.2, 0.25) is 0 Å². The van der Waals surface area contributed by atoms with E-state index in [1.807, 2.05) is 0 Å². The average molecular weight is 241 g/mol. The molecule has 0 aromatic rings. The largest absolute Gasteiger partial charge is 0.330 e. The number of hydrogen-bond donors (Lipinski definition) is 1. The lowest BCUT2D eigenvalue weighted by Crippen LogP contribution is -2.43. The Morgan fingerprint density at radius 2 is 1.65 bits per heavy atom. The van der Waals surface area contributed by atoms with Crippen molar-refractivity contribution in [2.45, 2.75) is 38.5 Å². The molecule has 1 rings (SSSR count). The molecule has 17 heavy (non-hydrogen) atoms. The van der Waals surface area contributed by atoms with Crippen LogP contribution in [-0.2, 0) is 0 Å². The number of nitrogens with two attached hydrogens (primary N) is 1. The second kappa shape index (κ2) is 7.34. The first-order chi connectivity index (χ1) is 8.08. The summed E-state index contributed by atoms with van der Waals surface area (Å²) >= 11 is 0. The van der Waals surface area contributed by atoms with Crippen molar-refractivity contribution in [1.29, 1.82) is 0 Å². The number of rotatable bonds is 7. The van der Waals surface area contributed by atoms with E-state index in [1.165, 1.54) is 58.2 Å². The topological polar surface area (TPSA) is 32.5 Å². The Kier molecular flexibility index (Phi) is 6.45. The van der Waals surface area contributed by atoms with Crippen molar-refractivity contribution in [3.63, 3.8) is 0 Å². The number of hydrogen-bond acceptors (Lipinski definition) is 3. The predicted molar refractivity (Wildman–Crippen MR) is 75.2 cm³/mol. The Balaban J connectivity index is 2.29. The maximum atomic E-state index is 6.03. The highest BCUT2D eigenvalue weighted by atomic mass is 15.1. The average Bonchev–Trinajstić information content (AvgIpc) is 2.29. The molecule has 1 aliphatic carbocycles. The summed E-state index contributed by atoms with van der Waals surface area (Å²) in [6.07, 6.45) is 8.09. The molecule has 0 atom stereocenters. The summed E-state index contributed by atoms with van der Waals surface area (Å²) in [6.45, 7) is 4.43. The Morgan fingerprint density at radius 3 is 2.18 bits per heavy atom. The first-order valence-corrected chi connectivity index (χ1v) is 7.11. The van der Waals surface area contributed by atoms with Crippen LogP contribution in [0.5, 0.6) is 0 Å². The van der Waals surface area contributed by atoms with Crippen LogP contribution < -0.4 is 5.73 Å². The summed E-state index contributed by atoms with van der Waals surface area (Å²) in [7, 11) is 6.53. The lowest BCUT2D eigenvalue weighted by Gasteiger charge is -2.39. The van der Waals surface area contributed by atoms with E-state index in [0.29, 0.717) is 5.41 Å². The molecule has 0 aliphatic heterocycles. The fraction of sp³-hybridized carbons (Fsp3) is 1.00. The van der Waals surface area contributed by atoms with E-state index in [4.69, 9.17) is 5.73 Å². The third-order valence-electron chi connectivity index (χ3n) is 4.10. The highest BCUT2D eigenvalue weighted by Gasteiger charge is 2.31. The summed E-state index contributed by atoms with van der Waals surface area (Å²) in [6, 6.07) is 0. The quantitative estimate of drug-likeness (QED) is 0.737. The van der Waals surface area contributed by atoms with Gasteiger partial charge in [0.25, 0.3) is 0 Å². The van der Waals surface area contributed by atoms with Gasteiger partial charge >= 0.3 is 0 Å². The predicted octanol–water partition coefficient (Wildman–Crippen LogP) is 1.78. The maximum absolute atomic E-state index is 6.03.